The van der Waals surface area contributed by atoms with Gasteiger partial charge in [-0.25, -0.2) is 8.42 Å². The maximum Gasteiger partial charge on any atom is 0.237 e. The van der Waals surface area contributed by atoms with E-state index in [2.05, 4.69) is 4.72 Å². The van der Waals surface area contributed by atoms with E-state index < -0.39 is 14.8 Å². The Balaban J connectivity index is 3.05. The van der Waals surface area contributed by atoms with Crippen molar-refractivity contribution < 1.29 is 13.2 Å². The molecule has 0 fully saturated rings. The second-order valence-corrected chi connectivity index (χ2v) is 7.11. The third-order valence-electron chi connectivity index (χ3n) is 2.29. The van der Waals surface area contributed by atoms with Gasteiger partial charge in [0, 0.05) is 6.07 Å². The molecule has 0 unspecified atom stereocenters. The average Bonchev–Trinajstić information content (AvgIpc) is 2.19. The fourth-order valence-corrected chi connectivity index (χ4v) is 1.83. The molecule has 3 N–H and O–H groups in total. The van der Waals surface area contributed by atoms with Gasteiger partial charge in [-0.15, -0.1) is 0 Å². The van der Waals surface area contributed by atoms with Crippen LogP contribution < -0.4 is 15.2 Å². The molecule has 0 aromatic heterocycles. The fourth-order valence-electron chi connectivity index (χ4n) is 1.08. The van der Waals surface area contributed by atoms with E-state index in [1.165, 1.54) is 7.11 Å². The fraction of sp³-hybridized carbons (Fsp3) is 0.455. The summed E-state index contributed by atoms with van der Waals surface area (Å²) < 4.78 is 30.5. The minimum Gasteiger partial charge on any atom is -0.495 e. The van der Waals surface area contributed by atoms with Crippen LogP contribution >= 0.6 is 0 Å². The van der Waals surface area contributed by atoms with E-state index in [4.69, 9.17) is 10.5 Å². The van der Waals surface area contributed by atoms with Gasteiger partial charge in [0.1, 0.15) is 5.75 Å². The molecule has 0 aliphatic heterocycles. The zero-order chi connectivity index (χ0) is 13.3. The van der Waals surface area contributed by atoms with Crippen molar-refractivity contribution in [3.8, 4) is 5.75 Å². The van der Waals surface area contributed by atoms with Crippen LogP contribution in [0.5, 0.6) is 5.75 Å². The monoisotopic (exact) mass is 258 g/mol. The standard InChI is InChI=1S/C11H18N2O3S/c1-11(2,3)17(14,15)13-8-5-6-9(12)10(7-8)16-4/h5-7,13H,12H2,1-4H3. The Morgan fingerprint density at radius 2 is 1.88 bits per heavy atom. The van der Waals surface area contributed by atoms with Crippen molar-refractivity contribution in [3.05, 3.63) is 18.2 Å². The first-order valence-corrected chi connectivity index (χ1v) is 6.61. The summed E-state index contributed by atoms with van der Waals surface area (Å²) in [6.07, 6.45) is 0. The molecule has 0 saturated carbocycles. The van der Waals surface area contributed by atoms with E-state index in [1.807, 2.05) is 0 Å². The van der Waals surface area contributed by atoms with Crippen LogP contribution in [0.3, 0.4) is 0 Å². The quantitative estimate of drug-likeness (QED) is 0.810. The zero-order valence-corrected chi connectivity index (χ0v) is 11.3. The van der Waals surface area contributed by atoms with Crippen LogP contribution in [0, 0.1) is 0 Å². The molecule has 6 heteroatoms. The number of rotatable bonds is 3. The highest BCUT2D eigenvalue weighted by Crippen LogP contribution is 2.27. The molecule has 0 atom stereocenters. The number of nitrogens with two attached hydrogens (primary N) is 1. The average molecular weight is 258 g/mol. The number of hydrogen-bond acceptors (Lipinski definition) is 4. The van der Waals surface area contributed by atoms with Crippen molar-refractivity contribution in [2.75, 3.05) is 17.6 Å². The lowest BCUT2D eigenvalue weighted by molar-refractivity contribution is 0.417. The van der Waals surface area contributed by atoms with Crippen molar-refractivity contribution in [3.63, 3.8) is 0 Å². The first-order valence-electron chi connectivity index (χ1n) is 5.13. The molecular weight excluding hydrogens is 240 g/mol. The molecule has 0 saturated heterocycles. The van der Waals surface area contributed by atoms with Crippen LogP contribution in [0.15, 0.2) is 18.2 Å². The van der Waals surface area contributed by atoms with Gasteiger partial charge in [0.25, 0.3) is 0 Å². The summed E-state index contributed by atoms with van der Waals surface area (Å²) >= 11 is 0. The summed E-state index contributed by atoms with van der Waals surface area (Å²) in [5.41, 5.74) is 6.55. The summed E-state index contributed by atoms with van der Waals surface area (Å²) in [7, 11) is -1.96. The molecule has 0 radical (unpaired) electrons. The molecule has 1 aromatic carbocycles. The molecule has 0 amide bonds. The number of hydrogen-bond donors (Lipinski definition) is 2. The first-order chi connectivity index (χ1) is 7.67. The normalized spacial score (nSPS) is 12.2. The zero-order valence-electron chi connectivity index (χ0n) is 10.4. The van der Waals surface area contributed by atoms with Gasteiger partial charge in [-0.2, -0.15) is 0 Å². The second-order valence-electron chi connectivity index (χ2n) is 4.67. The number of anilines is 2. The first kappa shape index (κ1) is 13.6. The van der Waals surface area contributed by atoms with Crippen LogP contribution in [0.2, 0.25) is 0 Å². The summed E-state index contributed by atoms with van der Waals surface area (Å²) in [5, 5.41) is 0. The maximum atomic E-state index is 11.9. The SMILES string of the molecule is COc1cc(NS(=O)(=O)C(C)(C)C)ccc1N. The molecule has 0 heterocycles. The highest BCUT2D eigenvalue weighted by Gasteiger charge is 2.28. The topological polar surface area (TPSA) is 81.4 Å². The summed E-state index contributed by atoms with van der Waals surface area (Å²) in [5.74, 6) is 0.444. The van der Waals surface area contributed by atoms with Gasteiger partial charge in [0.2, 0.25) is 10.0 Å². The van der Waals surface area contributed by atoms with Crippen LogP contribution in [0.4, 0.5) is 11.4 Å². The van der Waals surface area contributed by atoms with Crippen molar-refractivity contribution in [2.45, 2.75) is 25.5 Å². The number of sulfonamides is 1. The second kappa shape index (κ2) is 4.44. The summed E-state index contributed by atoms with van der Waals surface area (Å²) in [6.45, 7) is 4.89. The lowest BCUT2D eigenvalue weighted by atomic mass is 10.2. The van der Waals surface area contributed by atoms with Gasteiger partial charge in [0.15, 0.2) is 0 Å². The Labute approximate surface area is 102 Å². The van der Waals surface area contributed by atoms with Crippen LogP contribution in [0.25, 0.3) is 0 Å². The van der Waals surface area contributed by atoms with Crippen molar-refractivity contribution in [1.82, 2.24) is 0 Å². The minimum atomic E-state index is -3.43. The van der Waals surface area contributed by atoms with E-state index in [1.54, 1.807) is 39.0 Å². The Morgan fingerprint density at radius 1 is 1.29 bits per heavy atom. The van der Waals surface area contributed by atoms with Gasteiger partial charge in [-0.05, 0) is 32.9 Å². The lowest BCUT2D eigenvalue weighted by Crippen LogP contribution is -2.33. The van der Waals surface area contributed by atoms with Crippen LogP contribution in [-0.4, -0.2) is 20.3 Å². The van der Waals surface area contributed by atoms with E-state index in [0.29, 0.717) is 17.1 Å². The third kappa shape index (κ3) is 3.03. The number of benzene rings is 1. The molecule has 5 nitrogen and oxygen atoms in total. The van der Waals surface area contributed by atoms with E-state index >= 15 is 0 Å². The third-order valence-corrected chi connectivity index (χ3v) is 4.41. The summed E-state index contributed by atoms with van der Waals surface area (Å²) in [6, 6.07) is 4.75. The molecule has 17 heavy (non-hydrogen) atoms. The van der Waals surface area contributed by atoms with Crippen LogP contribution in [0.1, 0.15) is 20.8 Å². The molecule has 0 aliphatic carbocycles. The number of nitrogen functional groups attached to an aromatic ring is 1. The number of methoxy groups -OCH3 is 1. The Kier molecular flexibility index (Phi) is 3.56. The highest BCUT2D eigenvalue weighted by atomic mass is 32.2. The predicted octanol–water partition coefficient (Wildman–Crippen LogP) is 1.82. The number of ether oxygens (including phenoxy) is 1. The van der Waals surface area contributed by atoms with E-state index in [0.717, 1.165) is 0 Å². The van der Waals surface area contributed by atoms with Gasteiger partial charge in [-0.3, -0.25) is 4.72 Å². The van der Waals surface area contributed by atoms with E-state index in [-0.39, 0.29) is 0 Å². The molecular formula is C11H18N2O3S. The summed E-state index contributed by atoms with van der Waals surface area (Å²) in [4.78, 5) is 0. The Bertz CT molecular complexity index is 504. The predicted molar refractivity (Wildman–Crippen MR) is 69.7 cm³/mol. The van der Waals surface area contributed by atoms with Crippen molar-refractivity contribution in [1.29, 1.82) is 0 Å². The Hall–Kier alpha value is -1.43. The van der Waals surface area contributed by atoms with Gasteiger partial charge >= 0.3 is 0 Å². The lowest BCUT2D eigenvalue weighted by Gasteiger charge is -2.20. The molecule has 1 rings (SSSR count). The van der Waals surface area contributed by atoms with Gasteiger partial charge in [-0.1, -0.05) is 0 Å². The van der Waals surface area contributed by atoms with Gasteiger partial charge < -0.3 is 10.5 Å². The molecule has 0 bridgehead atoms. The molecule has 1 aromatic rings. The minimum absolute atomic E-state index is 0.436. The maximum absolute atomic E-state index is 11.9. The van der Waals surface area contributed by atoms with Gasteiger partial charge in [0.05, 0.1) is 23.2 Å². The molecule has 0 aliphatic rings. The van der Waals surface area contributed by atoms with E-state index in [9.17, 15) is 8.42 Å². The van der Waals surface area contributed by atoms with Crippen molar-refractivity contribution in [2.24, 2.45) is 0 Å². The Morgan fingerprint density at radius 3 is 2.35 bits per heavy atom. The molecule has 96 valence electrons. The van der Waals surface area contributed by atoms with Crippen LogP contribution in [-0.2, 0) is 10.0 Å². The molecule has 0 spiro atoms. The largest absolute Gasteiger partial charge is 0.495 e. The van der Waals surface area contributed by atoms with Crippen molar-refractivity contribution >= 4 is 21.4 Å². The highest BCUT2D eigenvalue weighted by molar-refractivity contribution is 7.94. The number of nitrogens with one attached hydrogen (secondary N) is 1. The smallest absolute Gasteiger partial charge is 0.237 e.